The summed E-state index contributed by atoms with van der Waals surface area (Å²) >= 11 is 2.90. The minimum absolute atomic E-state index is 0.161. The van der Waals surface area contributed by atoms with E-state index < -0.39 is 41.7 Å². The van der Waals surface area contributed by atoms with E-state index in [0.29, 0.717) is 0 Å². The molecular weight excluding hydrogens is 324 g/mol. The molecule has 19 heavy (non-hydrogen) atoms. The van der Waals surface area contributed by atoms with Crippen LogP contribution in [0.25, 0.3) is 0 Å². The second-order valence-electron chi connectivity index (χ2n) is 4.16. The molecule has 0 radical (unpaired) electrons. The van der Waals surface area contributed by atoms with E-state index in [1.807, 2.05) is 0 Å². The van der Waals surface area contributed by atoms with E-state index in [2.05, 4.69) is 15.9 Å². The van der Waals surface area contributed by atoms with Crippen LogP contribution in [-0.4, -0.2) is 34.5 Å². The average molecular weight is 336 g/mol. The molecule has 0 spiro atoms. The molecule has 0 aliphatic rings. The average Bonchev–Trinajstić information content (AvgIpc) is 2.23. The van der Waals surface area contributed by atoms with Gasteiger partial charge in [0.15, 0.2) is 0 Å². The number of halogens is 3. The molecular formula is C12H12BrF2NO3. The van der Waals surface area contributed by atoms with Crippen molar-refractivity contribution in [2.24, 2.45) is 0 Å². The number of hydrogen-bond acceptors (Lipinski definition) is 2. The maximum absolute atomic E-state index is 13.7. The Morgan fingerprint density at radius 1 is 1.32 bits per heavy atom. The lowest BCUT2D eigenvalue weighted by atomic mass is 10.1. The molecule has 1 amide bonds. The molecule has 1 N–H and O–H groups in total. The van der Waals surface area contributed by atoms with Crippen LogP contribution in [0.4, 0.5) is 8.78 Å². The summed E-state index contributed by atoms with van der Waals surface area (Å²) in [5.74, 6) is -4.30. The van der Waals surface area contributed by atoms with E-state index in [4.69, 9.17) is 5.11 Å². The molecule has 7 heteroatoms. The zero-order valence-corrected chi connectivity index (χ0v) is 11.9. The fraction of sp³-hybridized carbons (Fsp3) is 0.333. The molecule has 0 heterocycles. The summed E-state index contributed by atoms with van der Waals surface area (Å²) in [5.41, 5.74) is -0.752. The maximum Gasteiger partial charge on any atom is 0.323 e. The van der Waals surface area contributed by atoms with E-state index in [0.717, 1.165) is 17.0 Å². The third-order valence-corrected chi connectivity index (χ3v) is 2.87. The number of amides is 1. The van der Waals surface area contributed by atoms with E-state index in [1.165, 1.54) is 0 Å². The molecule has 0 aliphatic heterocycles. The predicted octanol–water partition coefficient (Wildman–Crippen LogP) is 2.66. The van der Waals surface area contributed by atoms with Gasteiger partial charge in [-0.05, 0) is 26.0 Å². The molecule has 0 aliphatic carbocycles. The van der Waals surface area contributed by atoms with Crippen LogP contribution in [0.2, 0.25) is 0 Å². The SMILES string of the molecule is CC(C)N(CC(=O)O)C(=O)c1c(F)cc(Br)cc1F. The highest BCUT2D eigenvalue weighted by molar-refractivity contribution is 9.10. The van der Waals surface area contributed by atoms with Crippen molar-refractivity contribution < 1.29 is 23.5 Å². The number of carbonyl (C=O) groups is 2. The minimum Gasteiger partial charge on any atom is -0.480 e. The summed E-state index contributed by atoms with van der Waals surface area (Å²) < 4.78 is 27.5. The Morgan fingerprint density at radius 2 is 1.79 bits per heavy atom. The van der Waals surface area contributed by atoms with Gasteiger partial charge in [0.1, 0.15) is 23.7 Å². The fourth-order valence-electron chi connectivity index (χ4n) is 1.52. The van der Waals surface area contributed by atoms with Crippen LogP contribution in [-0.2, 0) is 4.79 Å². The van der Waals surface area contributed by atoms with E-state index in [9.17, 15) is 18.4 Å². The van der Waals surface area contributed by atoms with Crippen LogP contribution in [0.15, 0.2) is 16.6 Å². The third-order valence-electron chi connectivity index (χ3n) is 2.41. The molecule has 4 nitrogen and oxygen atoms in total. The largest absolute Gasteiger partial charge is 0.480 e. The zero-order chi connectivity index (χ0) is 14.7. The monoisotopic (exact) mass is 335 g/mol. The van der Waals surface area contributed by atoms with Crippen LogP contribution in [0.5, 0.6) is 0 Å². The van der Waals surface area contributed by atoms with Crippen LogP contribution in [0, 0.1) is 11.6 Å². The van der Waals surface area contributed by atoms with Crippen molar-refractivity contribution in [1.29, 1.82) is 0 Å². The highest BCUT2D eigenvalue weighted by Crippen LogP contribution is 2.21. The number of nitrogens with zero attached hydrogens (tertiary/aromatic N) is 1. The number of rotatable bonds is 4. The second-order valence-corrected chi connectivity index (χ2v) is 5.08. The number of hydrogen-bond donors (Lipinski definition) is 1. The first-order valence-electron chi connectivity index (χ1n) is 5.41. The van der Waals surface area contributed by atoms with E-state index in [-0.39, 0.29) is 4.47 Å². The van der Waals surface area contributed by atoms with Gasteiger partial charge in [0.2, 0.25) is 0 Å². The van der Waals surface area contributed by atoms with Gasteiger partial charge >= 0.3 is 5.97 Å². The molecule has 0 saturated carbocycles. The molecule has 0 aromatic heterocycles. The maximum atomic E-state index is 13.7. The number of benzene rings is 1. The van der Waals surface area contributed by atoms with Gasteiger partial charge in [0.05, 0.1) is 0 Å². The quantitative estimate of drug-likeness (QED) is 0.920. The van der Waals surface area contributed by atoms with E-state index in [1.54, 1.807) is 13.8 Å². The Bertz CT molecular complexity index is 497. The van der Waals surface area contributed by atoms with Crippen molar-refractivity contribution in [3.8, 4) is 0 Å². The number of carboxylic acids is 1. The molecule has 0 atom stereocenters. The lowest BCUT2D eigenvalue weighted by Crippen LogP contribution is -2.41. The van der Waals surface area contributed by atoms with Crippen molar-refractivity contribution in [2.45, 2.75) is 19.9 Å². The molecule has 0 fully saturated rings. The van der Waals surface area contributed by atoms with Crippen LogP contribution in [0.1, 0.15) is 24.2 Å². The standard InChI is InChI=1S/C12H12BrF2NO3/c1-6(2)16(5-10(17)18)12(19)11-8(14)3-7(13)4-9(11)15/h3-4,6H,5H2,1-2H3,(H,17,18). The van der Waals surface area contributed by atoms with Crippen molar-refractivity contribution in [3.05, 3.63) is 33.8 Å². The second kappa shape index (κ2) is 6.10. The van der Waals surface area contributed by atoms with Crippen LogP contribution >= 0.6 is 15.9 Å². The van der Waals surface area contributed by atoms with Gasteiger partial charge in [0.25, 0.3) is 5.91 Å². The first-order chi connectivity index (χ1) is 8.73. The molecule has 1 rings (SSSR count). The fourth-order valence-corrected chi connectivity index (χ4v) is 1.93. The Hall–Kier alpha value is -1.50. The smallest absolute Gasteiger partial charge is 0.323 e. The Morgan fingerprint density at radius 3 is 2.16 bits per heavy atom. The Balaban J connectivity index is 3.20. The molecule has 1 aromatic rings. The van der Waals surface area contributed by atoms with Crippen molar-refractivity contribution >= 4 is 27.8 Å². The topological polar surface area (TPSA) is 57.6 Å². The summed E-state index contributed by atoms with van der Waals surface area (Å²) in [6.07, 6.45) is 0. The summed E-state index contributed by atoms with van der Waals surface area (Å²) in [5, 5.41) is 8.72. The van der Waals surface area contributed by atoms with Gasteiger partial charge in [-0.3, -0.25) is 9.59 Å². The molecule has 104 valence electrons. The van der Waals surface area contributed by atoms with Crippen LogP contribution in [0.3, 0.4) is 0 Å². The first-order valence-corrected chi connectivity index (χ1v) is 6.20. The van der Waals surface area contributed by atoms with Crippen LogP contribution < -0.4 is 0 Å². The highest BCUT2D eigenvalue weighted by Gasteiger charge is 2.27. The molecule has 0 unspecified atom stereocenters. The number of carboxylic acid groups (broad SMARTS) is 1. The lowest BCUT2D eigenvalue weighted by Gasteiger charge is -2.25. The van der Waals surface area contributed by atoms with Gasteiger partial charge in [-0.2, -0.15) is 0 Å². The van der Waals surface area contributed by atoms with Gasteiger partial charge in [-0.15, -0.1) is 0 Å². The van der Waals surface area contributed by atoms with Gasteiger partial charge in [-0.25, -0.2) is 8.78 Å². The van der Waals surface area contributed by atoms with Gasteiger partial charge in [-0.1, -0.05) is 15.9 Å². The summed E-state index contributed by atoms with van der Waals surface area (Å²) in [6.45, 7) is 2.51. The van der Waals surface area contributed by atoms with Crippen molar-refractivity contribution in [1.82, 2.24) is 4.90 Å². The van der Waals surface area contributed by atoms with Gasteiger partial charge < -0.3 is 10.0 Å². The van der Waals surface area contributed by atoms with E-state index >= 15 is 0 Å². The van der Waals surface area contributed by atoms with Crippen molar-refractivity contribution in [3.63, 3.8) is 0 Å². The Kier molecular flexibility index (Phi) is 4.99. The zero-order valence-electron chi connectivity index (χ0n) is 10.3. The highest BCUT2D eigenvalue weighted by atomic mass is 79.9. The molecule has 1 aromatic carbocycles. The molecule has 0 saturated heterocycles. The lowest BCUT2D eigenvalue weighted by molar-refractivity contribution is -0.138. The minimum atomic E-state index is -1.25. The summed E-state index contributed by atoms with van der Waals surface area (Å²) in [4.78, 5) is 23.6. The normalized spacial score (nSPS) is 10.6. The molecule has 0 bridgehead atoms. The number of carbonyl (C=O) groups excluding carboxylic acids is 1. The van der Waals surface area contributed by atoms with Crippen molar-refractivity contribution in [2.75, 3.05) is 6.54 Å². The Labute approximate surface area is 117 Å². The van der Waals surface area contributed by atoms with Gasteiger partial charge in [0, 0.05) is 10.5 Å². The first kappa shape index (κ1) is 15.6. The third kappa shape index (κ3) is 3.73. The number of aliphatic carboxylic acids is 1. The summed E-state index contributed by atoms with van der Waals surface area (Å²) in [7, 11) is 0. The predicted molar refractivity (Wildman–Crippen MR) is 67.9 cm³/mol. The summed E-state index contributed by atoms with van der Waals surface area (Å²) in [6, 6.07) is 1.41.